The third kappa shape index (κ3) is 2.98. The van der Waals surface area contributed by atoms with Crippen molar-refractivity contribution in [3.05, 3.63) is 24.3 Å². The standard InChI is InChI=1S/C13H16N2O2S/c1-8(2)7-10(12(16)17)15-13-14-9-5-3-4-6-11(9)18-13/h3-6,8,10H,7H2,1-2H3,(H,14,15)(H,16,17)/t10-/m0/s1. The first-order valence-electron chi connectivity index (χ1n) is 5.91. The predicted molar refractivity (Wildman–Crippen MR) is 74.1 cm³/mol. The lowest BCUT2D eigenvalue weighted by Crippen LogP contribution is -2.30. The van der Waals surface area contributed by atoms with E-state index in [9.17, 15) is 9.90 Å². The van der Waals surface area contributed by atoms with Crippen LogP contribution in [0.2, 0.25) is 0 Å². The second-order valence-corrected chi connectivity index (χ2v) is 5.68. The lowest BCUT2D eigenvalue weighted by atomic mass is 10.0. The van der Waals surface area contributed by atoms with E-state index in [1.165, 1.54) is 11.3 Å². The topological polar surface area (TPSA) is 62.2 Å². The molecule has 2 aromatic rings. The molecule has 0 spiro atoms. The minimum absolute atomic E-state index is 0.327. The second-order valence-electron chi connectivity index (χ2n) is 4.65. The third-order valence-corrected chi connectivity index (χ3v) is 3.56. The lowest BCUT2D eigenvalue weighted by Gasteiger charge is -2.15. The Hall–Kier alpha value is -1.62. The second kappa shape index (κ2) is 5.35. The largest absolute Gasteiger partial charge is 0.480 e. The number of para-hydroxylation sites is 1. The van der Waals surface area contributed by atoms with Gasteiger partial charge in [0, 0.05) is 0 Å². The Morgan fingerprint density at radius 2 is 2.17 bits per heavy atom. The molecule has 5 heteroatoms. The van der Waals surface area contributed by atoms with Crippen molar-refractivity contribution in [2.24, 2.45) is 5.92 Å². The number of hydrogen-bond donors (Lipinski definition) is 2. The number of rotatable bonds is 5. The van der Waals surface area contributed by atoms with Gasteiger partial charge in [-0.25, -0.2) is 9.78 Å². The van der Waals surface area contributed by atoms with E-state index in [0.717, 1.165) is 10.2 Å². The molecule has 0 aliphatic heterocycles. The molecule has 4 nitrogen and oxygen atoms in total. The summed E-state index contributed by atoms with van der Waals surface area (Å²) in [7, 11) is 0. The van der Waals surface area contributed by atoms with Gasteiger partial charge in [-0.05, 0) is 24.5 Å². The number of carboxylic acids is 1. The number of aliphatic carboxylic acids is 1. The quantitative estimate of drug-likeness (QED) is 0.870. The van der Waals surface area contributed by atoms with Gasteiger partial charge in [-0.1, -0.05) is 37.3 Å². The number of aromatic nitrogens is 1. The van der Waals surface area contributed by atoms with Crippen molar-refractivity contribution >= 4 is 32.7 Å². The van der Waals surface area contributed by atoms with Gasteiger partial charge in [0.15, 0.2) is 5.13 Å². The van der Waals surface area contributed by atoms with Crippen LogP contribution in [-0.4, -0.2) is 22.1 Å². The van der Waals surface area contributed by atoms with Crippen LogP contribution in [0, 0.1) is 5.92 Å². The van der Waals surface area contributed by atoms with Gasteiger partial charge in [-0.3, -0.25) is 0 Å². The molecule has 0 radical (unpaired) electrons. The van der Waals surface area contributed by atoms with Crippen molar-refractivity contribution in [1.29, 1.82) is 0 Å². The maximum Gasteiger partial charge on any atom is 0.326 e. The summed E-state index contributed by atoms with van der Waals surface area (Å²) in [6.45, 7) is 4.02. The van der Waals surface area contributed by atoms with Crippen LogP contribution in [0.25, 0.3) is 10.2 Å². The molecule has 18 heavy (non-hydrogen) atoms. The number of carbonyl (C=O) groups is 1. The van der Waals surface area contributed by atoms with Gasteiger partial charge in [-0.2, -0.15) is 0 Å². The summed E-state index contributed by atoms with van der Waals surface area (Å²) in [4.78, 5) is 15.6. The number of hydrogen-bond acceptors (Lipinski definition) is 4. The highest BCUT2D eigenvalue weighted by atomic mass is 32.1. The number of benzene rings is 1. The summed E-state index contributed by atoms with van der Waals surface area (Å²) >= 11 is 1.48. The first-order chi connectivity index (χ1) is 8.56. The number of nitrogens with zero attached hydrogens (tertiary/aromatic N) is 1. The number of nitrogens with one attached hydrogen (secondary N) is 1. The Bertz CT molecular complexity index is 518. The molecular formula is C13H16N2O2S. The van der Waals surface area contributed by atoms with Crippen molar-refractivity contribution in [3.63, 3.8) is 0 Å². The summed E-state index contributed by atoms with van der Waals surface area (Å²) in [6, 6.07) is 7.21. The van der Waals surface area contributed by atoms with E-state index in [1.54, 1.807) is 0 Å². The molecule has 0 bridgehead atoms. The Morgan fingerprint density at radius 3 is 2.78 bits per heavy atom. The van der Waals surface area contributed by atoms with Gasteiger partial charge in [0.05, 0.1) is 10.2 Å². The van der Waals surface area contributed by atoms with Gasteiger partial charge in [0.25, 0.3) is 0 Å². The average molecular weight is 264 g/mol. The SMILES string of the molecule is CC(C)C[C@H](Nc1nc2ccccc2s1)C(=O)O. The van der Waals surface area contributed by atoms with Gasteiger partial charge < -0.3 is 10.4 Å². The molecule has 0 saturated carbocycles. The fourth-order valence-electron chi connectivity index (χ4n) is 1.78. The van der Waals surface area contributed by atoms with Gasteiger partial charge in [0.2, 0.25) is 0 Å². The first kappa shape index (κ1) is 12.8. The van der Waals surface area contributed by atoms with Crippen LogP contribution >= 0.6 is 11.3 Å². The molecule has 1 aromatic carbocycles. The summed E-state index contributed by atoms with van der Waals surface area (Å²) < 4.78 is 1.06. The number of carboxylic acid groups (broad SMARTS) is 1. The first-order valence-corrected chi connectivity index (χ1v) is 6.73. The smallest absolute Gasteiger partial charge is 0.326 e. The molecule has 0 unspecified atom stereocenters. The maximum absolute atomic E-state index is 11.2. The average Bonchev–Trinajstić information content (AvgIpc) is 2.69. The normalized spacial score (nSPS) is 12.8. The molecule has 2 N–H and O–H groups in total. The molecule has 1 atom stereocenters. The van der Waals surface area contributed by atoms with E-state index in [4.69, 9.17) is 0 Å². The Labute approximate surface area is 110 Å². The van der Waals surface area contributed by atoms with Crippen molar-refractivity contribution < 1.29 is 9.90 Å². The van der Waals surface area contributed by atoms with Crippen LogP contribution in [0.5, 0.6) is 0 Å². The van der Waals surface area contributed by atoms with E-state index in [-0.39, 0.29) is 0 Å². The van der Waals surface area contributed by atoms with Gasteiger partial charge in [-0.15, -0.1) is 0 Å². The zero-order valence-corrected chi connectivity index (χ0v) is 11.2. The monoisotopic (exact) mass is 264 g/mol. The molecule has 1 heterocycles. The summed E-state index contributed by atoms with van der Waals surface area (Å²) in [5.74, 6) is -0.504. The minimum Gasteiger partial charge on any atom is -0.480 e. The van der Waals surface area contributed by atoms with Gasteiger partial charge in [0.1, 0.15) is 6.04 Å². The van der Waals surface area contributed by atoms with Crippen LogP contribution < -0.4 is 5.32 Å². The molecule has 0 amide bonds. The van der Waals surface area contributed by atoms with E-state index in [2.05, 4.69) is 10.3 Å². The van der Waals surface area contributed by atoms with Crippen molar-refractivity contribution in [3.8, 4) is 0 Å². The lowest BCUT2D eigenvalue weighted by molar-refractivity contribution is -0.138. The van der Waals surface area contributed by atoms with Crippen LogP contribution in [0.4, 0.5) is 5.13 Å². The molecule has 0 aliphatic rings. The zero-order chi connectivity index (χ0) is 13.1. The van der Waals surface area contributed by atoms with E-state index in [1.807, 2.05) is 38.1 Å². The van der Waals surface area contributed by atoms with Gasteiger partial charge >= 0.3 is 5.97 Å². The van der Waals surface area contributed by atoms with Crippen molar-refractivity contribution in [1.82, 2.24) is 4.98 Å². The fourth-order valence-corrected chi connectivity index (χ4v) is 2.69. The third-order valence-electron chi connectivity index (χ3n) is 2.60. The molecule has 0 aliphatic carbocycles. The maximum atomic E-state index is 11.2. The van der Waals surface area contributed by atoms with E-state index in [0.29, 0.717) is 17.5 Å². The fraction of sp³-hybridized carbons (Fsp3) is 0.385. The van der Waals surface area contributed by atoms with Crippen LogP contribution in [0.1, 0.15) is 20.3 Å². The van der Waals surface area contributed by atoms with Crippen molar-refractivity contribution in [2.75, 3.05) is 5.32 Å². The van der Waals surface area contributed by atoms with Crippen LogP contribution in [0.15, 0.2) is 24.3 Å². The minimum atomic E-state index is -0.831. The number of fused-ring (bicyclic) bond motifs is 1. The van der Waals surface area contributed by atoms with E-state index >= 15 is 0 Å². The highest BCUT2D eigenvalue weighted by Crippen LogP contribution is 2.26. The Balaban J connectivity index is 2.17. The summed E-state index contributed by atoms with van der Waals surface area (Å²) in [5, 5.41) is 12.9. The summed E-state index contributed by atoms with van der Waals surface area (Å²) in [5.41, 5.74) is 0.902. The summed E-state index contributed by atoms with van der Waals surface area (Å²) in [6.07, 6.45) is 0.589. The molecule has 96 valence electrons. The molecular weight excluding hydrogens is 248 g/mol. The highest BCUT2D eigenvalue weighted by Gasteiger charge is 2.19. The molecule has 2 rings (SSSR count). The molecule has 0 saturated heterocycles. The highest BCUT2D eigenvalue weighted by molar-refractivity contribution is 7.22. The predicted octanol–water partition coefficient (Wildman–Crippen LogP) is 3.21. The number of thiazole rings is 1. The molecule has 0 fully saturated rings. The zero-order valence-electron chi connectivity index (χ0n) is 10.4. The van der Waals surface area contributed by atoms with Crippen LogP contribution in [-0.2, 0) is 4.79 Å². The van der Waals surface area contributed by atoms with Crippen LogP contribution in [0.3, 0.4) is 0 Å². The molecule has 1 aromatic heterocycles. The van der Waals surface area contributed by atoms with E-state index < -0.39 is 12.0 Å². The Morgan fingerprint density at radius 1 is 1.44 bits per heavy atom. The number of anilines is 1. The Kier molecular flexibility index (Phi) is 3.81. The van der Waals surface area contributed by atoms with Crippen molar-refractivity contribution in [2.45, 2.75) is 26.3 Å².